The van der Waals surface area contributed by atoms with Crippen LogP contribution in [0, 0.1) is 10.6 Å². The minimum Gasteiger partial charge on any atom is -0.474 e. The van der Waals surface area contributed by atoms with Crippen molar-refractivity contribution in [3.8, 4) is 5.88 Å². The third kappa shape index (κ3) is 6.92. The van der Waals surface area contributed by atoms with Gasteiger partial charge in [-0.05, 0) is 64.1 Å². The molecule has 0 spiro atoms. The Labute approximate surface area is 139 Å². The van der Waals surface area contributed by atoms with Crippen molar-refractivity contribution < 1.29 is 14.3 Å². The Hall–Kier alpha value is -1.12. The SMILES string of the molecule is Cc1nc(I)cnc1OCC(C)(C)NC(=O)OC(C)(C)C. The lowest BCUT2D eigenvalue weighted by atomic mass is 10.1. The number of hydrogen-bond acceptors (Lipinski definition) is 5. The molecule has 0 saturated carbocycles. The molecule has 1 aromatic heterocycles. The van der Waals surface area contributed by atoms with Gasteiger partial charge in [0.15, 0.2) is 0 Å². The van der Waals surface area contributed by atoms with Crippen LogP contribution in [-0.4, -0.2) is 33.8 Å². The number of halogens is 1. The summed E-state index contributed by atoms with van der Waals surface area (Å²) in [5, 5.41) is 2.78. The lowest BCUT2D eigenvalue weighted by Crippen LogP contribution is -2.49. The lowest BCUT2D eigenvalue weighted by molar-refractivity contribution is 0.0439. The number of ether oxygens (including phenoxy) is 2. The molecule has 0 saturated heterocycles. The largest absolute Gasteiger partial charge is 0.474 e. The first-order chi connectivity index (χ1) is 9.48. The first-order valence-corrected chi connectivity index (χ1v) is 7.69. The van der Waals surface area contributed by atoms with E-state index in [9.17, 15) is 4.79 Å². The van der Waals surface area contributed by atoms with Crippen molar-refractivity contribution >= 4 is 28.7 Å². The van der Waals surface area contributed by atoms with Crippen molar-refractivity contribution in [3.63, 3.8) is 0 Å². The van der Waals surface area contributed by atoms with E-state index in [1.165, 1.54) is 0 Å². The molecule has 0 aliphatic rings. The van der Waals surface area contributed by atoms with Gasteiger partial charge in [0.25, 0.3) is 0 Å². The minimum absolute atomic E-state index is 0.266. The molecular weight excluding hydrogens is 385 g/mol. The van der Waals surface area contributed by atoms with Gasteiger partial charge in [0, 0.05) is 0 Å². The molecule has 7 heteroatoms. The van der Waals surface area contributed by atoms with E-state index in [4.69, 9.17) is 9.47 Å². The van der Waals surface area contributed by atoms with Crippen molar-refractivity contribution in [2.24, 2.45) is 0 Å². The zero-order chi connectivity index (χ0) is 16.3. The van der Waals surface area contributed by atoms with Crippen LogP contribution in [0.5, 0.6) is 5.88 Å². The van der Waals surface area contributed by atoms with Crippen molar-refractivity contribution in [1.29, 1.82) is 0 Å². The van der Waals surface area contributed by atoms with Crippen LogP contribution in [0.1, 0.15) is 40.3 Å². The maximum atomic E-state index is 11.8. The third-order valence-electron chi connectivity index (χ3n) is 2.28. The Kier molecular flexibility index (Phi) is 5.77. The fourth-order valence-electron chi connectivity index (χ4n) is 1.45. The summed E-state index contributed by atoms with van der Waals surface area (Å²) in [6.07, 6.45) is 1.17. The summed E-state index contributed by atoms with van der Waals surface area (Å²) in [4.78, 5) is 20.2. The van der Waals surface area contributed by atoms with Crippen LogP contribution in [0.15, 0.2) is 6.20 Å². The number of aromatic nitrogens is 2. The Balaban J connectivity index is 2.58. The van der Waals surface area contributed by atoms with Crippen LogP contribution in [0.2, 0.25) is 0 Å². The molecule has 21 heavy (non-hydrogen) atoms. The quantitative estimate of drug-likeness (QED) is 0.777. The molecule has 0 radical (unpaired) electrons. The predicted molar refractivity (Wildman–Crippen MR) is 88.4 cm³/mol. The van der Waals surface area contributed by atoms with E-state index in [2.05, 4.69) is 37.9 Å². The van der Waals surface area contributed by atoms with Crippen molar-refractivity contribution in [2.45, 2.75) is 52.7 Å². The second-order valence-corrected chi connectivity index (χ2v) is 7.49. The number of nitrogens with zero attached hydrogens (tertiary/aromatic N) is 2. The lowest BCUT2D eigenvalue weighted by Gasteiger charge is -2.28. The van der Waals surface area contributed by atoms with E-state index in [0.717, 1.165) is 9.39 Å². The van der Waals surface area contributed by atoms with Gasteiger partial charge in [-0.1, -0.05) is 0 Å². The van der Waals surface area contributed by atoms with Crippen LogP contribution in [0.4, 0.5) is 4.79 Å². The molecule has 1 aromatic rings. The van der Waals surface area contributed by atoms with Gasteiger partial charge in [0.2, 0.25) is 5.88 Å². The first kappa shape index (κ1) is 17.9. The molecule has 1 amide bonds. The molecular formula is C14H22IN3O3. The van der Waals surface area contributed by atoms with Gasteiger partial charge in [-0.2, -0.15) is 0 Å². The molecule has 1 heterocycles. The van der Waals surface area contributed by atoms with Crippen LogP contribution in [-0.2, 0) is 4.74 Å². The van der Waals surface area contributed by atoms with Crippen molar-refractivity contribution in [3.05, 3.63) is 15.6 Å². The molecule has 6 nitrogen and oxygen atoms in total. The summed E-state index contributed by atoms with van der Waals surface area (Å²) in [5.74, 6) is 0.467. The molecule has 0 aliphatic heterocycles. The highest BCUT2D eigenvalue weighted by Gasteiger charge is 2.25. The highest BCUT2D eigenvalue weighted by Crippen LogP contribution is 2.15. The molecule has 118 valence electrons. The van der Waals surface area contributed by atoms with Gasteiger partial charge >= 0.3 is 6.09 Å². The maximum absolute atomic E-state index is 11.8. The molecule has 0 unspecified atom stereocenters. The number of rotatable bonds is 4. The number of nitrogens with one attached hydrogen (secondary N) is 1. The van der Waals surface area contributed by atoms with Crippen molar-refractivity contribution in [2.75, 3.05) is 6.61 Å². The number of carbonyl (C=O) groups excluding carboxylic acids is 1. The number of aryl methyl sites for hydroxylation is 1. The van der Waals surface area contributed by atoms with Crippen LogP contribution in [0.25, 0.3) is 0 Å². The normalized spacial score (nSPS) is 12.0. The van der Waals surface area contributed by atoms with E-state index in [1.54, 1.807) is 6.20 Å². The molecule has 0 bridgehead atoms. The minimum atomic E-state index is -0.584. The Morgan fingerprint density at radius 2 is 1.95 bits per heavy atom. The highest BCUT2D eigenvalue weighted by atomic mass is 127. The molecule has 0 fully saturated rings. The Morgan fingerprint density at radius 1 is 1.33 bits per heavy atom. The van der Waals surface area contributed by atoms with Crippen LogP contribution < -0.4 is 10.1 Å². The fourth-order valence-corrected chi connectivity index (χ4v) is 1.95. The highest BCUT2D eigenvalue weighted by molar-refractivity contribution is 14.1. The summed E-state index contributed by atoms with van der Waals surface area (Å²) in [7, 11) is 0. The average Bonchev–Trinajstić information content (AvgIpc) is 2.23. The summed E-state index contributed by atoms with van der Waals surface area (Å²) in [6, 6.07) is 0. The van der Waals surface area contributed by atoms with E-state index in [0.29, 0.717) is 5.88 Å². The van der Waals surface area contributed by atoms with Crippen LogP contribution >= 0.6 is 22.6 Å². The van der Waals surface area contributed by atoms with Gasteiger partial charge in [0.05, 0.1) is 11.7 Å². The van der Waals surface area contributed by atoms with E-state index < -0.39 is 17.2 Å². The summed E-state index contributed by atoms with van der Waals surface area (Å²) < 4.78 is 11.7. The molecule has 1 rings (SSSR count). The standard InChI is InChI=1S/C14H22IN3O3/c1-9-11(16-7-10(15)17-9)20-8-14(5,6)18-12(19)21-13(2,3)4/h7H,8H2,1-6H3,(H,18,19). The predicted octanol–water partition coefficient (Wildman–Crippen LogP) is 3.07. The number of hydrogen-bond donors (Lipinski definition) is 1. The smallest absolute Gasteiger partial charge is 0.408 e. The van der Waals surface area contributed by atoms with Gasteiger partial charge < -0.3 is 14.8 Å². The monoisotopic (exact) mass is 407 g/mol. The third-order valence-corrected chi connectivity index (χ3v) is 2.80. The zero-order valence-electron chi connectivity index (χ0n) is 13.3. The second kappa shape index (κ2) is 6.76. The molecule has 0 atom stereocenters. The summed E-state index contributed by atoms with van der Waals surface area (Å²) >= 11 is 2.09. The Bertz CT molecular complexity index is 513. The first-order valence-electron chi connectivity index (χ1n) is 6.62. The van der Waals surface area contributed by atoms with Gasteiger partial charge in [-0.15, -0.1) is 0 Å². The van der Waals surface area contributed by atoms with Crippen molar-refractivity contribution in [1.82, 2.24) is 15.3 Å². The fraction of sp³-hybridized carbons (Fsp3) is 0.643. The molecule has 1 N–H and O–H groups in total. The maximum Gasteiger partial charge on any atom is 0.408 e. The Morgan fingerprint density at radius 3 is 2.48 bits per heavy atom. The number of carbonyl (C=O) groups is 1. The molecule has 0 aromatic carbocycles. The van der Waals surface area contributed by atoms with Gasteiger partial charge in [-0.3, -0.25) is 0 Å². The van der Waals surface area contributed by atoms with E-state index >= 15 is 0 Å². The van der Waals surface area contributed by atoms with Gasteiger partial charge in [0.1, 0.15) is 21.6 Å². The summed E-state index contributed by atoms with van der Waals surface area (Å²) in [6.45, 7) is 11.3. The second-order valence-electron chi connectivity index (χ2n) is 6.38. The molecule has 0 aliphatic carbocycles. The number of amides is 1. The van der Waals surface area contributed by atoms with E-state index in [-0.39, 0.29) is 6.61 Å². The van der Waals surface area contributed by atoms with E-state index in [1.807, 2.05) is 41.5 Å². The zero-order valence-corrected chi connectivity index (χ0v) is 15.4. The topological polar surface area (TPSA) is 73.3 Å². The van der Waals surface area contributed by atoms with Crippen LogP contribution in [0.3, 0.4) is 0 Å². The number of alkyl carbamates (subject to hydrolysis) is 1. The average molecular weight is 407 g/mol. The summed E-state index contributed by atoms with van der Waals surface area (Å²) in [5.41, 5.74) is -0.395. The van der Waals surface area contributed by atoms with Gasteiger partial charge in [-0.25, -0.2) is 14.8 Å².